The third-order valence-electron chi connectivity index (χ3n) is 4.25. The van der Waals surface area contributed by atoms with E-state index < -0.39 is 0 Å². The number of hydrogen-bond acceptors (Lipinski definition) is 5. The third-order valence-corrected chi connectivity index (χ3v) is 4.25. The molecule has 138 valence electrons. The predicted molar refractivity (Wildman–Crippen MR) is 97.3 cm³/mol. The number of halogens is 1. The van der Waals surface area contributed by atoms with Gasteiger partial charge in [0.1, 0.15) is 11.6 Å². The fraction of sp³-hybridized carbons (Fsp3) is 0.421. The number of hydrogen-bond donors (Lipinski definition) is 1. The average molecular weight is 358 g/mol. The molecule has 1 N–H and O–H groups in total. The molecule has 2 aromatic rings. The smallest absolute Gasteiger partial charge is 0.410 e. The highest BCUT2D eigenvalue weighted by molar-refractivity contribution is 5.68. The summed E-state index contributed by atoms with van der Waals surface area (Å²) >= 11 is 0. The van der Waals surface area contributed by atoms with Crippen LogP contribution >= 0.6 is 0 Å². The van der Waals surface area contributed by atoms with Gasteiger partial charge in [0.2, 0.25) is 0 Å². The number of amides is 1. The molecule has 1 aliphatic heterocycles. The molecule has 1 aromatic heterocycles. The normalized spacial score (nSPS) is 15.2. The first-order valence-corrected chi connectivity index (χ1v) is 8.83. The molecule has 0 radical (unpaired) electrons. The van der Waals surface area contributed by atoms with Crippen LogP contribution in [0.25, 0.3) is 11.3 Å². The second kappa shape index (κ2) is 8.12. The fourth-order valence-corrected chi connectivity index (χ4v) is 2.88. The number of likely N-dealkylation sites (tertiary alicyclic amines) is 1. The van der Waals surface area contributed by atoms with Crippen LogP contribution in [0.2, 0.25) is 0 Å². The molecule has 0 spiro atoms. The van der Waals surface area contributed by atoms with E-state index in [0.29, 0.717) is 24.6 Å². The molecular formula is C19H23FN4O2. The second-order valence-corrected chi connectivity index (χ2v) is 6.65. The summed E-state index contributed by atoms with van der Waals surface area (Å²) in [6.45, 7) is 5.01. The Labute approximate surface area is 152 Å². The number of rotatable bonds is 4. The van der Waals surface area contributed by atoms with Crippen LogP contribution < -0.4 is 5.32 Å². The molecule has 7 heteroatoms. The summed E-state index contributed by atoms with van der Waals surface area (Å²) in [7, 11) is 0. The molecule has 3 rings (SSSR count). The highest BCUT2D eigenvalue weighted by Gasteiger charge is 2.24. The summed E-state index contributed by atoms with van der Waals surface area (Å²) in [5.41, 5.74) is 1.52. The zero-order valence-electron chi connectivity index (χ0n) is 15.0. The van der Waals surface area contributed by atoms with E-state index in [2.05, 4.69) is 15.5 Å². The van der Waals surface area contributed by atoms with Gasteiger partial charge >= 0.3 is 6.09 Å². The van der Waals surface area contributed by atoms with Crippen molar-refractivity contribution in [2.75, 3.05) is 18.4 Å². The Bertz CT molecular complexity index is 726. The molecule has 1 aromatic carbocycles. The van der Waals surface area contributed by atoms with Crippen LogP contribution in [0.3, 0.4) is 0 Å². The SMILES string of the molecule is CC(C)OC(=O)N1CCC(Nc2ccc(-c3ccc(F)cc3)nn2)CC1. The van der Waals surface area contributed by atoms with E-state index in [1.54, 1.807) is 17.0 Å². The lowest BCUT2D eigenvalue weighted by molar-refractivity contribution is 0.0701. The molecule has 1 amide bonds. The summed E-state index contributed by atoms with van der Waals surface area (Å²) in [5, 5.41) is 11.8. The van der Waals surface area contributed by atoms with Crippen molar-refractivity contribution in [1.29, 1.82) is 0 Å². The molecule has 0 aliphatic carbocycles. The molecule has 0 bridgehead atoms. The van der Waals surface area contributed by atoms with Crippen molar-refractivity contribution in [3.8, 4) is 11.3 Å². The monoisotopic (exact) mass is 358 g/mol. The van der Waals surface area contributed by atoms with Gasteiger partial charge in [-0.05, 0) is 63.1 Å². The van der Waals surface area contributed by atoms with Gasteiger partial charge in [-0.2, -0.15) is 0 Å². The third kappa shape index (κ3) is 4.68. The van der Waals surface area contributed by atoms with Crippen molar-refractivity contribution in [2.24, 2.45) is 0 Å². The molecule has 0 atom stereocenters. The van der Waals surface area contributed by atoms with Crippen LogP contribution in [0.4, 0.5) is 15.0 Å². The number of nitrogens with zero attached hydrogens (tertiary/aromatic N) is 3. The van der Waals surface area contributed by atoms with Crippen molar-refractivity contribution >= 4 is 11.9 Å². The zero-order chi connectivity index (χ0) is 18.5. The lowest BCUT2D eigenvalue weighted by atomic mass is 10.1. The topological polar surface area (TPSA) is 67.3 Å². The van der Waals surface area contributed by atoms with Crippen LogP contribution in [-0.4, -0.2) is 46.4 Å². The van der Waals surface area contributed by atoms with E-state index in [1.807, 2.05) is 26.0 Å². The number of aromatic nitrogens is 2. The molecule has 6 nitrogen and oxygen atoms in total. The van der Waals surface area contributed by atoms with Crippen molar-refractivity contribution in [2.45, 2.75) is 38.8 Å². The summed E-state index contributed by atoms with van der Waals surface area (Å²) < 4.78 is 18.2. The minimum atomic E-state index is -0.274. The van der Waals surface area contributed by atoms with Gasteiger partial charge in [0.25, 0.3) is 0 Å². The van der Waals surface area contributed by atoms with Gasteiger partial charge in [0.05, 0.1) is 11.8 Å². The molecule has 1 aliphatic rings. The van der Waals surface area contributed by atoms with Crippen LogP contribution in [-0.2, 0) is 4.74 Å². The first kappa shape index (κ1) is 18.1. The minimum absolute atomic E-state index is 0.103. The Morgan fingerprint density at radius 3 is 2.42 bits per heavy atom. The number of anilines is 1. The van der Waals surface area contributed by atoms with Gasteiger partial charge in [-0.1, -0.05) is 0 Å². The second-order valence-electron chi connectivity index (χ2n) is 6.65. The van der Waals surface area contributed by atoms with Gasteiger partial charge in [0.15, 0.2) is 0 Å². The van der Waals surface area contributed by atoms with Crippen LogP contribution in [0.1, 0.15) is 26.7 Å². The first-order chi connectivity index (χ1) is 12.5. The van der Waals surface area contributed by atoms with E-state index in [9.17, 15) is 9.18 Å². The number of nitrogens with one attached hydrogen (secondary N) is 1. The van der Waals surface area contributed by atoms with Gasteiger partial charge < -0.3 is 15.0 Å². The van der Waals surface area contributed by atoms with Crippen molar-refractivity contribution in [1.82, 2.24) is 15.1 Å². The number of carbonyl (C=O) groups excluding carboxylic acids is 1. The van der Waals surface area contributed by atoms with E-state index in [0.717, 1.165) is 18.4 Å². The summed E-state index contributed by atoms with van der Waals surface area (Å²) in [6.07, 6.45) is 1.30. The first-order valence-electron chi connectivity index (χ1n) is 8.83. The number of ether oxygens (including phenoxy) is 1. The predicted octanol–water partition coefficient (Wildman–Crippen LogP) is 3.70. The highest BCUT2D eigenvalue weighted by Crippen LogP contribution is 2.19. The van der Waals surface area contributed by atoms with Gasteiger partial charge in [-0.25, -0.2) is 9.18 Å². The minimum Gasteiger partial charge on any atom is -0.447 e. The molecule has 1 fully saturated rings. The van der Waals surface area contributed by atoms with Gasteiger partial charge in [-0.15, -0.1) is 10.2 Å². The van der Waals surface area contributed by atoms with Crippen LogP contribution in [0.15, 0.2) is 36.4 Å². The number of piperidine rings is 1. The van der Waals surface area contributed by atoms with Crippen molar-refractivity contribution < 1.29 is 13.9 Å². The van der Waals surface area contributed by atoms with Crippen LogP contribution in [0.5, 0.6) is 0 Å². The maximum Gasteiger partial charge on any atom is 0.410 e. The summed E-state index contributed by atoms with van der Waals surface area (Å²) in [6, 6.07) is 10.1. The Kier molecular flexibility index (Phi) is 5.65. The van der Waals surface area contributed by atoms with E-state index >= 15 is 0 Å². The lowest BCUT2D eigenvalue weighted by Gasteiger charge is -2.32. The Morgan fingerprint density at radius 1 is 1.15 bits per heavy atom. The summed E-state index contributed by atoms with van der Waals surface area (Å²) in [5.74, 6) is 0.419. The molecular weight excluding hydrogens is 335 g/mol. The molecule has 26 heavy (non-hydrogen) atoms. The quantitative estimate of drug-likeness (QED) is 0.902. The molecule has 2 heterocycles. The molecule has 0 saturated carbocycles. The lowest BCUT2D eigenvalue weighted by Crippen LogP contribution is -2.43. The number of carbonyl (C=O) groups is 1. The fourth-order valence-electron chi connectivity index (χ4n) is 2.88. The maximum atomic E-state index is 13.0. The Balaban J connectivity index is 1.52. The zero-order valence-corrected chi connectivity index (χ0v) is 15.0. The average Bonchev–Trinajstić information content (AvgIpc) is 2.63. The largest absolute Gasteiger partial charge is 0.447 e. The van der Waals surface area contributed by atoms with E-state index in [4.69, 9.17) is 4.74 Å². The van der Waals surface area contributed by atoms with Crippen molar-refractivity contribution in [3.63, 3.8) is 0 Å². The van der Waals surface area contributed by atoms with Gasteiger partial charge in [-0.3, -0.25) is 0 Å². The van der Waals surface area contributed by atoms with E-state index in [-0.39, 0.29) is 24.1 Å². The Morgan fingerprint density at radius 2 is 1.85 bits per heavy atom. The maximum absolute atomic E-state index is 13.0. The molecule has 0 unspecified atom stereocenters. The number of benzene rings is 1. The standard InChI is InChI=1S/C19H23FN4O2/c1-13(2)26-19(25)24-11-9-16(10-12-24)21-18-8-7-17(22-23-18)14-3-5-15(20)6-4-14/h3-8,13,16H,9-12H2,1-2H3,(H,21,23). The Hall–Kier alpha value is -2.70. The highest BCUT2D eigenvalue weighted by atomic mass is 19.1. The van der Waals surface area contributed by atoms with E-state index in [1.165, 1.54) is 12.1 Å². The summed E-state index contributed by atoms with van der Waals surface area (Å²) in [4.78, 5) is 13.6. The van der Waals surface area contributed by atoms with Crippen LogP contribution in [0, 0.1) is 5.82 Å². The van der Waals surface area contributed by atoms with Crippen molar-refractivity contribution in [3.05, 3.63) is 42.2 Å². The van der Waals surface area contributed by atoms with Gasteiger partial charge in [0, 0.05) is 24.7 Å². The molecule has 1 saturated heterocycles.